The summed E-state index contributed by atoms with van der Waals surface area (Å²) in [5.41, 5.74) is -0.867. The van der Waals surface area contributed by atoms with Crippen LogP contribution in [0.5, 0.6) is 0 Å². The van der Waals surface area contributed by atoms with Gasteiger partial charge in [0.05, 0.1) is 26.2 Å². The van der Waals surface area contributed by atoms with Gasteiger partial charge in [0.1, 0.15) is 10.7 Å². The molecule has 4 nitrogen and oxygen atoms in total. The number of rotatable bonds is 3. The summed E-state index contributed by atoms with van der Waals surface area (Å²) in [6, 6.07) is 1.20. The molecule has 1 aromatic heterocycles. The van der Waals surface area contributed by atoms with Crippen LogP contribution in [0.25, 0.3) is 0 Å². The lowest BCUT2D eigenvalue weighted by Crippen LogP contribution is -2.15. The first kappa shape index (κ1) is 20.9. The van der Waals surface area contributed by atoms with Crippen molar-refractivity contribution in [2.24, 2.45) is 0 Å². The SMILES string of the molecule is Nc1n[nH]c(C(=S)Nc2c(Cl)cc(C(F)(F)F)cc2Cl)c1SC(F)(F)F. The standard InChI is InChI=1S/C12H6Cl2F6N4S2/c13-4-1-3(11(15,16)17)2-5(14)6(4)22-10(25)7-8(9(21)24-23-7)26-12(18,19)20/h1-2H,(H,22,25)(H3,21,23,24). The van der Waals surface area contributed by atoms with Crippen molar-refractivity contribution in [2.45, 2.75) is 16.6 Å². The Bertz CT molecular complexity index is 826. The lowest BCUT2D eigenvalue weighted by atomic mass is 10.2. The van der Waals surface area contributed by atoms with E-state index >= 15 is 0 Å². The first-order valence-electron chi connectivity index (χ1n) is 6.26. The molecule has 0 fully saturated rings. The Labute approximate surface area is 161 Å². The molecule has 0 bridgehead atoms. The number of nitrogens with two attached hydrogens (primary N) is 1. The second-order valence-electron chi connectivity index (χ2n) is 4.63. The number of nitrogen functional groups attached to an aromatic ring is 1. The van der Waals surface area contributed by atoms with E-state index in [1.54, 1.807) is 0 Å². The van der Waals surface area contributed by atoms with Gasteiger partial charge in [-0.25, -0.2) is 0 Å². The molecule has 14 heteroatoms. The Balaban J connectivity index is 2.35. The van der Waals surface area contributed by atoms with Crippen molar-refractivity contribution in [1.29, 1.82) is 0 Å². The predicted molar refractivity (Wildman–Crippen MR) is 91.7 cm³/mol. The lowest BCUT2D eigenvalue weighted by Gasteiger charge is -2.15. The zero-order valence-corrected chi connectivity index (χ0v) is 15.2. The highest BCUT2D eigenvalue weighted by molar-refractivity contribution is 8.00. The van der Waals surface area contributed by atoms with Gasteiger partial charge < -0.3 is 11.1 Å². The highest BCUT2D eigenvalue weighted by atomic mass is 35.5. The van der Waals surface area contributed by atoms with E-state index in [4.69, 9.17) is 41.2 Å². The number of anilines is 2. The quantitative estimate of drug-likeness (QED) is 0.314. The monoisotopic (exact) mass is 454 g/mol. The van der Waals surface area contributed by atoms with Gasteiger partial charge in [-0.2, -0.15) is 31.4 Å². The van der Waals surface area contributed by atoms with Crippen LogP contribution in [0, 0.1) is 0 Å². The third-order valence-electron chi connectivity index (χ3n) is 2.80. The summed E-state index contributed by atoms with van der Waals surface area (Å²) in [4.78, 5) is -0.835. The van der Waals surface area contributed by atoms with Crippen molar-refractivity contribution in [3.8, 4) is 0 Å². The number of halogens is 8. The van der Waals surface area contributed by atoms with Crippen LogP contribution in [0.15, 0.2) is 17.0 Å². The Kier molecular flexibility index (Phi) is 5.90. The number of aromatic nitrogens is 2. The van der Waals surface area contributed by atoms with Gasteiger partial charge in [0, 0.05) is 0 Å². The molecule has 1 aromatic carbocycles. The number of benzene rings is 1. The number of nitrogens with one attached hydrogen (secondary N) is 2. The van der Waals surface area contributed by atoms with Crippen LogP contribution in [0.4, 0.5) is 37.8 Å². The van der Waals surface area contributed by atoms with Crippen molar-refractivity contribution in [1.82, 2.24) is 10.2 Å². The van der Waals surface area contributed by atoms with Gasteiger partial charge in [-0.05, 0) is 23.9 Å². The summed E-state index contributed by atoms with van der Waals surface area (Å²) in [7, 11) is 0. The van der Waals surface area contributed by atoms with E-state index in [1.807, 2.05) is 0 Å². The van der Waals surface area contributed by atoms with E-state index in [0.29, 0.717) is 12.1 Å². The summed E-state index contributed by atoms with van der Waals surface area (Å²) in [6.45, 7) is 0. The highest BCUT2D eigenvalue weighted by Gasteiger charge is 2.34. The van der Waals surface area contributed by atoms with Crippen LogP contribution in [-0.4, -0.2) is 20.7 Å². The van der Waals surface area contributed by atoms with E-state index in [9.17, 15) is 26.3 Å². The fraction of sp³-hybridized carbons (Fsp3) is 0.167. The second-order valence-corrected chi connectivity index (χ2v) is 6.93. The molecule has 4 N–H and O–H groups in total. The maximum absolute atomic E-state index is 12.7. The van der Waals surface area contributed by atoms with Crippen LogP contribution < -0.4 is 11.1 Å². The van der Waals surface area contributed by atoms with Crippen LogP contribution >= 0.6 is 47.2 Å². The molecule has 0 aliphatic carbocycles. The van der Waals surface area contributed by atoms with Crippen molar-refractivity contribution >= 4 is 63.7 Å². The predicted octanol–water partition coefficient (Wildman–Crippen LogP) is 5.72. The minimum atomic E-state index is -4.68. The molecule has 0 spiro atoms. The maximum atomic E-state index is 12.7. The normalized spacial score (nSPS) is 12.3. The molecule has 1 heterocycles. The largest absolute Gasteiger partial charge is 0.446 e. The van der Waals surface area contributed by atoms with Crippen LogP contribution in [0.2, 0.25) is 10.0 Å². The van der Waals surface area contributed by atoms with Crippen LogP contribution in [-0.2, 0) is 6.18 Å². The van der Waals surface area contributed by atoms with Gasteiger partial charge in [-0.1, -0.05) is 35.4 Å². The summed E-state index contributed by atoms with van der Waals surface area (Å²) in [6.07, 6.45) is -4.68. The second kappa shape index (κ2) is 7.33. The Morgan fingerprint density at radius 1 is 1.15 bits per heavy atom. The van der Waals surface area contributed by atoms with Gasteiger partial charge in [-0.15, -0.1) is 0 Å². The van der Waals surface area contributed by atoms with Gasteiger partial charge in [0.15, 0.2) is 5.82 Å². The number of thiocarbonyl (C=S) groups is 1. The molecule has 0 unspecified atom stereocenters. The molecule has 0 aliphatic heterocycles. The van der Waals surface area contributed by atoms with Crippen molar-refractivity contribution in [3.63, 3.8) is 0 Å². The topological polar surface area (TPSA) is 66.7 Å². The highest BCUT2D eigenvalue weighted by Crippen LogP contribution is 2.42. The van der Waals surface area contributed by atoms with E-state index in [0.717, 1.165) is 0 Å². The van der Waals surface area contributed by atoms with Crippen molar-refractivity contribution < 1.29 is 26.3 Å². The van der Waals surface area contributed by atoms with Gasteiger partial charge in [0.2, 0.25) is 0 Å². The smallest absolute Gasteiger partial charge is 0.381 e. The molecule has 0 saturated carbocycles. The Morgan fingerprint density at radius 2 is 1.69 bits per heavy atom. The molecule has 2 aromatic rings. The summed E-state index contributed by atoms with van der Waals surface area (Å²) in [5.74, 6) is -0.448. The van der Waals surface area contributed by atoms with Gasteiger partial charge in [-0.3, -0.25) is 5.10 Å². The number of thioether (sulfide) groups is 1. The molecule has 0 radical (unpaired) electrons. The number of H-pyrrole nitrogens is 1. The van der Waals surface area contributed by atoms with Crippen LogP contribution in [0.3, 0.4) is 0 Å². The summed E-state index contributed by atoms with van der Waals surface area (Å²) in [5, 5.41) is 7.22. The van der Waals surface area contributed by atoms with Crippen molar-refractivity contribution in [2.75, 3.05) is 11.1 Å². The third kappa shape index (κ3) is 4.87. The molecule has 142 valence electrons. The summed E-state index contributed by atoms with van der Waals surface area (Å²) >= 11 is 16.0. The van der Waals surface area contributed by atoms with E-state index < -0.39 is 49.8 Å². The average molecular weight is 455 g/mol. The number of alkyl halides is 6. The first-order chi connectivity index (χ1) is 11.8. The average Bonchev–Trinajstić information content (AvgIpc) is 2.81. The van der Waals surface area contributed by atoms with Crippen LogP contribution in [0.1, 0.15) is 11.3 Å². The molecule has 0 amide bonds. The first-order valence-corrected chi connectivity index (χ1v) is 8.25. The minimum absolute atomic E-state index is 0.206. The minimum Gasteiger partial charge on any atom is -0.381 e. The fourth-order valence-corrected chi connectivity index (χ4v) is 3.28. The molecule has 0 saturated heterocycles. The molecule has 26 heavy (non-hydrogen) atoms. The Hall–Kier alpha value is -1.37. The van der Waals surface area contributed by atoms with Gasteiger partial charge in [0.25, 0.3) is 0 Å². The van der Waals surface area contributed by atoms with Gasteiger partial charge >= 0.3 is 11.7 Å². The van der Waals surface area contributed by atoms with E-state index in [1.165, 1.54) is 0 Å². The lowest BCUT2D eigenvalue weighted by molar-refractivity contribution is -0.137. The van der Waals surface area contributed by atoms with E-state index in [-0.39, 0.29) is 16.4 Å². The molecule has 0 atom stereocenters. The maximum Gasteiger partial charge on any atom is 0.446 e. The summed E-state index contributed by atoms with van der Waals surface area (Å²) < 4.78 is 76.0. The zero-order valence-electron chi connectivity index (χ0n) is 12.0. The molecular weight excluding hydrogens is 449 g/mol. The number of hydrogen-bond acceptors (Lipinski definition) is 4. The van der Waals surface area contributed by atoms with Crippen molar-refractivity contribution in [3.05, 3.63) is 33.4 Å². The fourth-order valence-electron chi connectivity index (χ4n) is 1.75. The number of hydrogen-bond donors (Lipinski definition) is 3. The Morgan fingerprint density at radius 3 is 2.15 bits per heavy atom. The third-order valence-corrected chi connectivity index (χ3v) is 4.55. The number of nitrogens with zero attached hydrogens (tertiary/aromatic N) is 1. The van der Waals surface area contributed by atoms with E-state index in [2.05, 4.69) is 15.5 Å². The molecule has 0 aliphatic rings. The zero-order chi connectivity index (χ0) is 19.9. The molecule has 2 rings (SSSR count). The number of aromatic amines is 1. The molecular formula is C12H6Cl2F6N4S2.